The highest BCUT2D eigenvalue weighted by Crippen LogP contribution is 2.31. The molecule has 1 aromatic carbocycles. The Bertz CT molecular complexity index is 546. The molecule has 18 heavy (non-hydrogen) atoms. The van der Waals surface area contributed by atoms with Crippen LogP contribution in [-0.2, 0) is 6.61 Å². The zero-order chi connectivity index (χ0) is 13.0. The number of halogens is 1. The second-order valence-electron chi connectivity index (χ2n) is 3.54. The van der Waals surface area contributed by atoms with E-state index in [0.29, 0.717) is 22.5 Å². The van der Waals surface area contributed by atoms with Crippen LogP contribution in [0.15, 0.2) is 36.4 Å². The maximum absolute atomic E-state index is 9.05. The molecule has 0 atom stereocenters. The van der Waals surface area contributed by atoms with Gasteiger partial charge in [-0.25, -0.2) is 4.98 Å². The van der Waals surface area contributed by atoms with Crippen LogP contribution in [-0.4, -0.2) is 17.2 Å². The Kier molecular flexibility index (Phi) is 4.02. The fourth-order valence-corrected chi connectivity index (χ4v) is 1.61. The van der Waals surface area contributed by atoms with Gasteiger partial charge in [0.2, 0.25) is 5.88 Å². The van der Waals surface area contributed by atoms with E-state index >= 15 is 0 Å². The van der Waals surface area contributed by atoms with Gasteiger partial charge in [-0.15, -0.1) is 0 Å². The minimum atomic E-state index is -0.0495. The van der Waals surface area contributed by atoms with Crippen molar-refractivity contribution in [1.82, 2.24) is 4.98 Å². The van der Waals surface area contributed by atoms with Crippen LogP contribution in [0.25, 0.3) is 0 Å². The predicted octanol–water partition coefficient (Wildman–Crippen LogP) is 3.03. The molecule has 1 aromatic heterocycles. The molecule has 0 aliphatic rings. The van der Waals surface area contributed by atoms with E-state index < -0.39 is 0 Å². The molecule has 0 saturated heterocycles. The third-order valence-electron chi connectivity index (χ3n) is 2.31. The molecule has 1 N–H and O–H groups in total. The Morgan fingerprint density at radius 1 is 1.22 bits per heavy atom. The summed E-state index contributed by atoms with van der Waals surface area (Å²) in [6, 6.07) is 10.3. The summed E-state index contributed by atoms with van der Waals surface area (Å²) < 4.78 is 10.8. The Labute approximate surface area is 110 Å². The van der Waals surface area contributed by atoms with Crippen molar-refractivity contribution in [1.29, 1.82) is 0 Å². The molecule has 0 fully saturated rings. The molecule has 0 unspecified atom stereocenters. The van der Waals surface area contributed by atoms with Crippen LogP contribution in [0.3, 0.4) is 0 Å². The predicted molar refractivity (Wildman–Crippen MR) is 68.2 cm³/mol. The van der Waals surface area contributed by atoms with E-state index in [1.807, 2.05) is 0 Å². The minimum absolute atomic E-state index is 0.0495. The highest BCUT2D eigenvalue weighted by Gasteiger charge is 2.07. The maximum atomic E-state index is 9.05. The number of nitrogens with zero attached hydrogens (tertiary/aromatic N) is 1. The van der Waals surface area contributed by atoms with Crippen molar-refractivity contribution in [2.75, 3.05) is 7.11 Å². The lowest BCUT2D eigenvalue weighted by Gasteiger charge is -2.10. The SMILES string of the molecule is COc1cc(CO)ccc1Oc1cccc(Cl)n1. The summed E-state index contributed by atoms with van der Waals surface area (Å²) in [4.78, 5) is 4.02. The molecule has 0 aliphatic heterocycles. The summed E-state index contributed by atoms with van der Waals surface area (Å²) in [5.41, 5.74) is 0.748. The second kappa shape index (κ2) is 5.71. The number of aliphatic hydroxyl groups is 1. The van der Waals surface area contributed by atoms with Crippen molar-refractivity contribution in [2.24, 2.45) is 0 Å². The molecule has 0 aliphatic carbocycles. The molecular weight excluding hydrogens is 254 g/mol. The van der Waals surface area contributed by atoms with E-state index in [4.69, 9.17) is 26.2 Å². The molecule has 0 amide bonds. The number of benzene rings is 1. The molecule has 94 valence electrons. The van der Waals surface area contributed by atoms with E-state index in [1.54, 1.807) is 36.4 Å². The van der Waals surface area contributed by atoms with Gasteiger partial charge in [0.15, 0.2) is 11.5 Å². The Morgan fingerprint density at radius 3 is 2.72 bits per heavy atom. The third kappa shape index (κ3) is 2.91. The number of pyridine rings is 1. The van der Waals surface area contributed by atoms with Crippen LogP contribution < -0.4 is 9.47 Å². The number of rotatable bonds is 4. The summed E-state index contributed by atoms with van der Waals surface area (Å²) in [5, 5.41) is 9.41. The molecule has 5 heteroatoms. The average molecular weight is 266 g/mol. The summed E-state index contributed by atoms with van der Waals surface area (Å²) >= 11 is 5.78. The zero-order valence-electron chi connectivity index (χ0n) is 9.76. The number of hydrogen-bond acceptors (Lipinski definition) is 4. The van der Waals surface area contributed by atoms with Crippen LogP contribution in [0.5, 0.6) is 17.4 Å². The van der Waals surface area contributed by atoms with Crippen molar-refractivity contribution in [3.63, 3.8) is 0 Å². The lowest BCUT2D eigenvalue weighted by Crippen LogP contribution is -1.94. The molecule has 0 bridgehead atoms. The first-order valence-electron chi connectivity index (χ1n) is 5.31. The number of methoxy groups -OCH3 is 1. The standard InChI is InChI=1S/C13H12ClNO3/c1-17-11-7-9(8-16)5-6-10(11)18-13-4-2-3-12(14)15-13/h2-7,16H,8H2,1H3. The van der Waals surface area contributed by atoms with Crippen molar-refractivity contribution in [2.45, 2.75) is 6.61 Å². The number of aliphatic hydroxyl groups excluding tert-OH is 1. The Hall–Kier alpha value is -1.78. The molecule has 2 aromatic rings. The van der Waals surface area contributed by atoms with Gasteiger partial charge in [0.25, 0.3) is 0 Å². The van der Waals surface area contributed by atoms with Gasteiger partial charge >= 0.3 is 0 Å². The molecular formula is C13H12ClNO3. The second-order valence-corrected chi connectivity index (χ2v) is 3.93. The maximum Gasteiger partial charge on any atom is 0.220 e. The van der Waals surface area contributed by atoms with Crippen molar-refractivity contribution in [3.8, 4) is 17.4 Å². The smallest absolute Gasteiger partial charge is 0.220 e. The summed E-state index contributed by atoms with van der Waals surface area (Å²) in [7, 11) is 1.54. The van der Waals surface area contributed by atoms with Gasteiger partial charge < -0.3 is 14.6 Å². The van der Waals surface area contributed by atoms with Gasteiger partial charge in [-0.2, -0.15) is 0 Å². The number of hydrogen-bond donors (Lipinski definition) is 1. The quantitative estimate of drug-likeness (QED) is 0.864. The van der Waals surface area contributed by atoms with Gasteiger partial charge in [-0.3, -0.25) is 0 Å². The van der Waals surface area contributed by atoms with Crippen LogP contribution in [0.4, 0.5) is 0 Å². The Morgan fingerprint density at radius 2 is 2.06 bits per heavy atom. The Balaban J connectivity index is 2.28. The van der Waals surface area contributed by atoms with Crippen LogP contribution in [0, 0.1) is 0 Å². The van der Waals surface area contributed by atoms with E-state index in [2.05, 4.69) is 4.98 Å². The molecule has 2 rings (SSSR count). The van der Waals surface area contributed by atoms with Crippen molar-refractivity contribution in [3.05, 3.63) is 47.1 Å². The van der Waals surface area contributed by atoms with Crippen molar-refractivity contribution < 1.29 is 14.6 Å². The largest absolute Gasteiger partial charge is 0.493 e. The fourth-order valence-electron chi connectivity index (χ4n) is 1.45. The molecule has 0 spiro atoms. The van der Waals surface area contributed by atoms with E-state index in [0.717, 1.165) is 5.56 Å². The van der Waals surface area contributed by atoms with E-state index in [-0.39, 0.29) is 6.61 Å². The van der Waals surface area contributed by atoms with Crippen LogP contribution in [0.1, 0.15) is 5.56 Å². The zero-order valence-corrected chi connectivity index (χ0v) is 10.5. The third-order valence-corrected chi connectivity index (χ3v) is 2.53. The van der Waals surface area contributed by atoms with E-state index in [9.17, 15) is 0 Å². The number of ether oxygens (including phenoxy) is 2. The van der Waals surface area contributed by atoms with Gasteiger partial charge in [-0.1, -0.05) is 23.7 Å². The minimum Gasteiger partial charge on any atom is -0.493 e. The molecule has 4 nitrogen and oxygen atoms in total. The summed E-state index contributed by atoms with van der Waals surface area (Å²) in [5.74, 6) is 1.44. The van der Waals surface area contributed by atoms with Gasteiger partial charge in [0, 0.05) is 6.07 Å². The average Bonchev–Trinajstić information content (AvgIpc) is 2.39. The van der Waals surface area contributed by atoms with Gasteiger partial charge in [0.1, 0.15) is 5.15 Å². The summed E-state index contributed by atoms with van der Waals surface area (Å²) in [6.07, 6.45) is 0. The highest BCUT2D eigenvalue weighted by atomic mass is 35.5. The summed E-state index contributed by atoms with van der Waals surface area (Å²) in [6.45, 7) is -0.0495. The van der Waals surface area contributed by atoms with Crippen molar-refractivity contribution >= 4 is 11.6 Å². The van der Waals surface area contributed by atoms with E-state index in [1.165, 1.54) is 7.11 Å². The monoisotopic (exact) mass is 265 g/mol. The van der Waals surface area contributed by atoms with Crippen LogP contribution >= 0.6 is 11.6 Å². The normalized spacial score (nSPS) is 10.2. The first kappa shape index (κ1) is 12.7. The first-order chi connectivity index (χ1) is 8.72. The van der Waals surface area contributed by atoms with Crippen LogP contribution in [0.2, 0.25) is 5.15 Å². The fraction of sp³-hybridized carbons (Fsp3) is 0.154. The lowest BCUT2D eigenvalue weighted by molar-refractivity contribution is 0.280. The highest BCUT2D eigenvalue weighted by molar-refractivity contribution is 6.29. The molecule has 1 heterocycles. The van der Waals surface area contributed by atoms with Gasteiger partial charge in [-0.05, 0) is 23.8 Å². The van der Waals surface area contributed by atoms with Gasteiger partial charge in [0.05, 0.1) is 13.7 Å². The first-order valence-corrected chi connectivity index (χ1v) is 5.69. The lowest BCUT2D eigenvalue weighted by atomic mass is 10.2. The topological polar surface area (TPSA) is 51.6 Å². The number of aromatic nitrogens is 1. The molecule has 0 radical (unpaired) electrons. The molecule has 0 saturated carbocycles.